The van der Waals surface area contributed by atoms with Crippen molar-refractivity contribution in [2.45, 2.75) is 39.0 Å². The fourth-order valence-electron chi connectivity index (χ4n) is 3.43. The van der Waals surface area contributed by atoms with Gasteiger partial charge in [-0.1, -0.05) is 32.0 Å². The fraction of sp³-hybridized carbons (Fsp3) is 0.450. The molecule has 0 atom stereocenters. The van der Waals surface area contributed by atoms with E-state index >= 15 is 0 Å². The number of rotatable bonds is 4. The minimum atomic E-state index is -0.758. The largest absolute Gasteiger partial charge is 0.481 e. The number of pyridine rings is 1. The van der Waals surface area contributed by atoms with E-state index in [-0.39, 0.29) is 24.2 Å². The highest BCUT2D eigenvalue weighted by Crippen LogP contribution is 2.26. The number of benzene rings is 1. The number of aliphatic carboxylic acids is 1. The number of amides is 1. The Kier molecular flexibility index (Phi) is 5.02. The van der Waals surface area contributed by atoms with Crippen molar-refractivity contribution in [3.8, 4) is 0 Å². The van der Waals surface area contributed by atoms with Gasteiger partial charge in [-0.25, -0.2) is 0 Å². The molecule has 1 fully saturated rings. The lowest BCUT2D eigenvalue weighted by atomic mass is 9.93. The van der Waals surface area contributed by atoms with Crippen LogP contribution in [-0.4, -0.2) is 40.0 Å². The van der Waals surface area contributed by atoms with Crippen molar-refractivity contribution in [2.75, 3.05) is 13.1 Å². The van der Waals surface area contributed by atoms with E-state index in [2.05, 4.69) is 18.8 Å². The Morgan fingerprint density at radius 1 is 1.24 bits per heavy atom. The molecular formula is C20H24N2O3. The first-order chi connectivity index (χ1) is 12.0. The maximum Gasteiger partial charge on any atom is 0.303 e. The molecule has 0 saturated carbocycles. The summed E-state index contributed by atoms with van der Waals surface area (Å²) in [5, 5.41) is 9.81. The zero-order chi connectivity index (χ0) is 18.0. The van der Waals surface area contributed by atoms with E-state index in [1.165, 1.54) is 0 Å². The topological polar surface area (TPSA) is 70.5 Å². The summed E-state index contributed by atoms with van der Waals surface area (Å²) < 4.78 is 0. The Balaban J connectivity index is 1.86. The highest BCUT2D eigenvalue weighted by molar-refractivity contribution is 6.06. The molecule has 1 saturated heterocycles. The summed E-state index contributed by atoms with van der Waals surface area (Å²) in [6, 6.07) is 9.66. The molecule has 1 N–H and O–H groups in total. The van der Waals surface area contributed by atoms with Gasteiger partial charge in [0, 0.05) is 30.6 Å². The average molecular weight is 340 g/mol. The third-order valence-electron chi connectivity index (χ3n) is 4.92. The number of hydrogen-bond donors (Lipinski definition) is 1. The van der Waals surface area contributed by atoms with Crippen LogP contribution in [0.2, 0.25) is 0 Å². The second-order valence-electron chi connectivity index (χ2n) is 7.10. The first kappa shape index (κ1) is 17.4. The molecule has 1 aromatic heterocycles. The van der Waals surface area contributed by atoms with Crippen LogP contribution in [0.1, 0.15) is 55.1 Å². The predicted molar refractivity (Wildman–Crippen MR) is 96.7 cm³/mol. The Morgan fingerprint density at radius 2 is 1.92 bits per heavy atom. The number of likely N-dealkylation sites (tertiary alicyclic amines) is 1. The molecule has 1 amide bonds. The lowest BCUT2D eigenvalue weighted by Gasteiger charge is -2.31. The second kappa shape index (κ2) is 7.21. The van der Waals surface area contributed by atoms with Gasteiger partial charge in [0.1, 0.15) is 0 Å². The summed E-state index contributed by atoms with van der Waals surface area (Å²) in [6.07, 6.45) is 1.69. The van der Waals surface area contributed by atoms with Crippen molar-refractivity contribution in [2.24, 2.45) is 5.92 Å². The number of fused-ring (bicyclic) bond motifs is 1. The fourth-order valence-corrected chi connectivity index (χ4v) is 3.43. The van der Waals surface area contributed by atoms with E-state index in [0.717, 1.165) is 29.4 Å². The van der Waals surface area contributed by atoms with Crippen molar-refractivity contribution < 1.29 is 14.7 Å². The van der Waals surface area contributed by atoms with Crippen molar-refractivity contribution in [3.63, 3.8) is 0 Å². The lowest BCUT2D eigenvalue weighted by molar-refractivity contribution is -0.138. The summed E-state index contributed by atoms with van der Waals surface area (Å²) in [6.45, 7) is 5.38. The number of nitrogens with zero attached hydrogens (tertiary/aromatic N) is 2. The molecule has 5 nitrogen and oxygen atoms in total. The standard InChI is InChI=1S/C20H24N2O3/c1-13(2)18-12-16(15-5-3-4-6-17(15)21-18)20(25)22-9-7-14(8-10-22)11-19(23)24/h3-6,12-14H,7-11H2,1-2H3,(H,23,24). The Hall–Kier alpha value is -2.43. The zero-order valence-corrected chi connectivity index (χ0v) is 14.7. The first-order valence-corrected chi connectivity index (χ1v) is 8.86. The summed E-state index contributed by atoms with van der Waals surface area (Å²) in [5.74, 6) is -0.319. The normalized spacial score (nSPS) is 15.7. The number of hydrogen-bond acceptors (Lipinski definition) is 3. The molecule has 0 spiro atoms. The van der Waals surface area contributed by atoms with Crippen molar-refractivity contribution >= 4 is 22.8 Å². The van der Waals surface area contributed by atoms with E-state index in [9.17, 15) is 9.59 Å². The maximum atomic E-state index is 13.1. The molecule has 2 heterocycles. The van der Waals surface area contributed by atoms with Gasteiger partial charge in [0.05, 0.1) is 11.1 Å². The van der Waals surface area contributed by atoms with Gasteiger partial charge in [-0.2, -0.15) is 0 Å². The molecule has 1 aliphatic heterocycles. The Labute approximate surface area is 147 Å². The summed E-state index contributed by atoms with van der Waals surface area (Å²) >= 11 is 0. The van der Waals surface area contributed by atoms with Crippen molar-refractivity contribution in [1.29, 1.82) is 0 Å². The number of carbonyl (C=O) groups is 2. The summed E-state index contributed by atoms with van der Waals surface area (Å²) in [5.41, 5.74) is 2.46. The molecule has 3 rings (SSSR count). The molecule has 25 heavy (non-hydrogen) atoms. The smallest absolute Gasteiger partial charge is 0.303 e. The quantitative estimate of drug-likeness (QED) is 0.921. The van der Waals surface area contributed by atoms with E-state index in [1.54, 1.807) is 0 Å². The van der Waals surface area contributed by atoms with E-state index < -0.39 is 5.97 Å². The number of para-hydroxylation sites is 1. The third-order valence-corrected chi connectivity index (χ3v) is 4.92. The number of carboxylic acid groups (broad SMARTS) is 1. The Morgan fingerprint density at radius 3 is 2.56 bits per heavy atom. The molecule has 0 unspecified atom stereocenters. The highest BCUT2D eigenvalue weighted by Gasteiger charge is 2.26. The first-order valence-electron chi connectivity index (χ1n) is 8.86. The lowest BCUT2D eigenvalue weighted by Crippen LogP contribution is -2.39. The number of carboxylic acids is 1. The van der Waals surface area contributed by atoms with E-state index in [4.69, 9.17) is 5.11 Å². The van der Waals surface area contributed by atoms with Gasteiger partial charge >= 0.3 is 5.97 Å². The summed E-state index contributed by atoms with van der Waals surface area (Å²) in [4.78, 5) is 30.5. The van der Waals surface area contributed by atoms with Crippen LogP contribution in [-0.2, 0) is 4.79 Å². The van der Waals surface area contributed by atoms with E-state index in [0.29, 0.717) is 18.7 Å². The van der Waals surface area contributed by atoms with Crippen LogP contribution in [0.5, 0.6) is 0 Å². The van der Waals surface area contributed by atoms with Gasteiger partial charge in [-0.05, 0) is 36.8 Å². The van der Waals surface area contributed by atoms with Crippen LogP contribution in [0.15, 0.2) is 30.3 Å². The van der Waals surface area contributed by atoms with Gasteiger partial charge in [0.25, 0.3) is 5.91 Å². The molecule has 1 aliphatic rings. The van der Waals surface area contributed by atoms with Gasteiger partial charge in [-0.15, -0.1) is 0 Å². The molecule has 0 radical (unpaired) electrons. The van der Waals surface area contributed by atoms with E-state index in [1.807, 2.05) is 35.2 Å². The Bertz CT molecular complexity index is 793. The van der Waals surface area contributed by atoms with Crippen LogP contribution in [0.25, 0.3) is 10.9 Å². The van der Waals surface area contributed by atoms with Crippen LogP contribution >= 0.6 is 0 Å². The van der Waals surface area contributed by atoms with Crippen LogP contribution in [0.4, 0.5) is 0 Å². The molecule has 132 valence electrons. The molecule has 2 aromatic rings. The predicted octanol–water partition coefficient (Wildman–Crippen LogP) is 3.69. The number of piperidine rings is 1. The molecule has 5 heteroatoms. The van der Waals surface area contributed by atoms with Crippen molar-refractivity contribution in [3.05, 3.63) is 41.6 Å². The number of carbonyl (C=O) groups excluding carboxylic acids is 1. The van der Waals surface area contributed by atoms with Gasteiger partial charge in [-0.3, -0.25) is 14.6 Å². The van der Waals surface area contributed by atoms with Crippen LogP contribution in [0.3, 0.4) is 0 Å². The number of aromatic nitrogens is 1. The van der Waals surface area contributed by atoms with Gasteiger partial charge < -0.3 is 10.0 Å². The SMILES string of the molecule is CC(C)c1cc(C(=O)N2CCC(CC(=O)O)CC2)c2ccccc2n1. The molecular weight excluding hydrogens is 316 g/mol. The zero-order valence-electron chi connectivity index (χ0n) is 14.7. The maximum absolute atomic E-state index is 13.1. The van der Waals surface area contributed by atoms with Crippen molar-refractivity contribution in [1.82, 2.24) is 9.88 Å². The second-order valence-corrected chi connectivity index (χ2v) is 7.10. The molecule has 0 bridgehead atoms. The molecule has 0 aliphatic carbocycles. The van der Waals surface area contributed by atoms with Gasteiger partial charge in [0.2, 0.25) is 0 Å². The average Bonchev–Trinajstić information content (AvgIpc) is 2.60. The molecule has 1 aromatic carbocycles. The highest BCUT2D eigenvalue weighted by atomic mass is 16.4. The summed E-state index contributed by atoms with van der Waals surface area (Å²) in [7, 11) is 0. The minimum Gasteiger partial charge on any atom is -0.481 e. The third kappa shape index (κ3) is 3.81. The van der Waals surface area contributed by atoms with Gasteiger partial charge in [0.15, 0.2) is 0 Å². The van der Waals surface area contributed by atoms with Crippen LogP contribution in [0, 0.1) is 5.92 Å². The minimum absolute atomic E-state index is 0.0225. The monoisotopic (exact) mass is 340 g/mol. The van der Waals surface area contributed by atoms with Crippen LogP contribution < -0.4 is 0 Å².